The lowest BCUT2D eigenvalue weighted by molar-refractivity contribution is -0.133. The number of phenols is 1. The SMILES string of the molecule is O=C(CNS(=O)(=O)c1cccc2ccccc12)Oc1ccc2ccccc2c1-c1c(O)ccc2ccccc12. The highest BCUT2D eigenvalue weighted by Crippen LogP contribution is 2.45. The van der Waals surface area contributed by atoms with Gasteiger partial charge in [-0.05, 0) is 45.1 Å². The zero-order valence-corrected chi connectivity index (χ0v) is 21.5. The smallest absolute Gasteiger partial charge is 0.326 e. The zero-order valence-electron chi connectivity index (χ0n) is 20.7. The summed E-state index contributed by atoms with van der Waals surface area (Å²) in [4.78, 5) is 13.1. The lowest BCUT2D eigenvalue weighted by atomic mass is 9.92. The van der Waals surface area contributed by atoms with Gasteiger partial charge in [0.05, 0.1) is 4.90 Å². The Morgan fingerprint density at radius 3 is 1.87 bits per heavy atom. The molecule has 0 radical (unpaired) electrons. The molecule has 0 spiro atoms. The maximum absolute atomic E-state index is 13.1. The predicted octanol–water partition coefficient (Wildman–Crippen LogP) is 6.40. The summed E-state index contributed by atoms with van der Waals surface area (Å²) in [6.45, 7) is -0.570. The van der Waals surface area contributed by atoms with Gasteiger partial charge in [0.1, 0.15) is 18.0 Å². The lowest BCUT2D eigenvalue weighted by Gasteiger charge is -2.17. The fourth-order valence-corrected chi connectivity index (χ4v) is 6.13. The predicted molar refractivity (Wildman–Crippen MR) is 153 cm³/mol. The van der Waals surface area contributed by atoms with Crippen LogP contribution in [0.4, 0.5) is 0 Å². The van der Waals surface area contributed by atoms with Crippen LogP contribution in [0.15, 0.2) is 120 Å². The third kappa shape index (κ3) is 4.58. The normalized spacial score (nSPS) is 11.7. The quantitative estimate of drug-likeness (QED) is 0.191. The number of carbonyl (C=O) groups is 1. The van der Waals surface area contributed by atoms with E-state index in [0.29, 0.717) is 16.5 Å². The van der Waals surface area contributed by atoms with Gasteiger partial charge in [0.15, 0.2) is 0 Å². The van der Waals surface area contributed by atoms with E-state index in [2.05, 4.69) is 4.72 Å². The molecule has 0 fully saturated rings. The Bertz CT molecular complexity index is 1990. The summed E-state index contributed by atoms with van der Waals surface area (Å²) in [7, 11) is -4.00. The molecule has 0 saturated heterocycles. The number of rotatable bonds is 6. The number of hydrogen-bond donors (Lipinski definition) is 2. The largest absolute Gasteiger partial charge is 0.507 e. The van der Waals surface area contributed by atoms with Gasteiger partial charge < -0.3 is 9.84 Å². The number of carbonyl (C=O) groups excluding carboxylic acids is 1. The number of ether oxygens (including phenoxy) is 1. The van der Waals surface area contributed by atoms with Crippen molar-refractivity contribution in [3.63, 3.8) is 0 Å². The number of nitrogens with one attached hydrogen (secondary N) is 1. The Morgan fingerprint density at radius 1 is 0.641 bits per heavy atom. The minimum absolute atomic E-state index is 0.0408. The lowest BCUT2D eigenvalue weighted by Crippen LogP contribution is -2.32. The van der Waals surface area contributed by atoms with E-state index in [4.69, 9.17) is 4.74 Å². The Morgan fingerprint density at radius 2 is 1.18 bits per heavy atom. The molecular formula is C32H23NO5S. The van der Waals surface area contributed by atoms with Gasteiger partial charge in [-0.15, -0.1) is 0 Å². The average molecular weight is 534 g/mol. The maximum Gasteiger partial charge on any atom is 0.326 e. The number of aromatic hydroxyl groups is 1. The van der Waals surface area contributed by atoms with Gasteiger partial charge in [-0.2, -0.15) is 4.72 Å². The first-order valence-electron chi connectivity index (χ1n) is 12.3. The monoisotopic (exact) mass is 533 g/mol. The summed E-state index contributed by atoms with van der Waals surface area (Å²) < 4.78 is 34.3. The molecule has 2 N–H and O–H groups in total. The van der Waals surface area contributed by atoms with Crippen LogP contribution in [0, 0.1) is 0 Å². The molecule has 7 heteroatoms. The van der Waals surface area contributed by atoms with Gasteiger partial charge in [-0.25, -0.2) is 8.42 Å². The first kappa shape index (κ1) is 24.6. The molecule has 6 nitrogen and oxygen atoms in total. The van der Waals surface area contributed by atoms with Crippen LogP contribution in [-0.4, -0.2) is 26.0 Å². The first-order valence-corrected chi connectivity index (χ1v) is 13.8. The summed E-state index contributed by atoms with van der Waals surface area (Å²) in [5.41, 5.74) is 1.08. The fourth-order valence-electron chi connectivity index (χ4n) is 4.94. The highest BCUT2D eigenvalue weighted by molar-refractivity contribution is 7.89. The third-order valence-corrected chi connectivity index (χ3v) is 8.18. The van der Waals surface area contributed by atoms with Crippen molar-refractivity contribution in [2.45, 2.75) is 4.90 Å². The molecule has 0 amide bonds. The second kappa shape index (κ2) is 9.87. The minimum atomic E-state index is -4.00. The van der Waals surface area contributed by atoms with Crippen molar-refractivity contribution in [2.24, 2.45) is 0 Å². The van der Waals surface area contributed by atoms with Crippen molar-refractivity contribution in [1.82, 2.24) is 4.72 Å². The molecule has 6 aromatic carbocycles. The Kier molecular flexibility index (Phi) is 6.23. The van der Waals surface area contributed by atoms with E-state index in [-0.39, 0.29) is 16.4 Å². The first-order chi connectivity index (χ1) is 18.9. The highest BCUT2D eigenvalue weighted by atomic mass is 32.2. The second-order valence-electron chi connectivity index (χ2n) is 9.12. The summed E-state index contributed by atoms with van der Waals surface area (Å²) in [6, 6.07) is 34.3. The number of hydrogen-bond acceptors (Lipinski definition) is 5. The summed E-state index contributed by atoms with van der Waals surface area (Å²) in [5, 5.41) is 15.7. The van der Waals surface area contributed by atoms with Gasteiger partial charge >= 0.3 is 5.97 Å². The van der Waals surface area contributed by atoms with Crippen LogP contribution in [0.1, 0.15) is 0 Å². The third-order valence-electron chi connectivity index (χ3n) is 6.72. The average Bonchev–Trinajstić information content (AvgIpc) is 2.96. The van der Waals surface area contributed by atoms with Crippen LogP contribution in [0.2, 0.25) is 0 Å². The van der Waals surface area contributed by atoms with Gasteiger partial charge in [0.2, 0.25) is 10.0 Å². The van der Waals surface area contributed by atoms with E-state index < -0.39 is 22.5 Å². The Hall–Kier alpha value is -4.72. The topological polar surface area (TPSA) is 92.7 Å². The van der Waals surface area contributed by atoms with Crippen LogP contribution in [0.5, 0.6) is 11.5 Å². The van der Waals surface area contributed by atoms with Crippen molar-refractivity contribution >= 4 is 48.3 Å². The summed E-state index contributed by atoms with van der Waals surface area (Å²) in [5.74, 6) is -0.524. The number of benzene rings is 6. The molecule has 0 aliphatic heterocycles. The van der Waals surface area contributed by atoms with E-state index in [1.54, 1.807) is 30.3 Å². The van der Waals surface area contributed by atoms with Crippen molar-refractivity contribution in [3.05, 3.63) is 115 Å². The van der Waals surface area contributed by atoms with Crippen LogP contribution in [-0.2, 0) is 14.8 Å². The molecule has 0 aliphatic rings. The molecule has 0 heterocycles. The summed E-state index contributed by atoms with van der Waals surface area (Å²) >= 11 is 0. The minimum Gasteiger partial charge on any atom is -0.507 e. The maximum atomic E-state index is 13.1. The van der Waals surface area contributed by atoms with Crippen LogP contribution in [0.3, 0.4) is 0 Å². The van der Waals surface area contributed by atoms with Gasteiger partial charge in [0, 0.05) is 16.5 Å². The van der Waals surface area contributed by atoms with Gasteiger partial charge in [0.25, 0.3) is 0 Å². The number of esters is 1. The van der Waals surface area contributed by atoms with E-state index in [1.165, 1.54) is 6.07 Å². The molecule has 0 unspecified atom stereocenters. The van der Waals surface area contributed by atoms with E-state index in [0.717, 1.165) is 26.9 Å². The number of fused-ring (bicyclic) bond motifs is 3. The van der Waals surface area contributed by atoms with Crippen LogP contribution in [0.25, 0.3) is 43.4 Å². The van der Waals surface area contributed by atoms with Crippen molar-refractivity contribution in [3.8, 4) is 22.6 Å². The second-order valence-corrected chi connectivity index (χ2v) is 10.9. The molecule has 6 rings (SSSR count). The molecule has 0 bridgehead atoms. The molecule has 6 aromatic rings. The molecule has 0 saturated carbocycles. The number of phenolic OH excluding ortho intramolecular Hbond substituents is 1. The van der Waals surface area contributed by atoms with Crippen molar-refractivity contribution in [2.75, 3.05) is 6.54 Å². The molecule has 0 aliphatic carbocycles. The zero-order chi connectivity index (χ0) is 27.0. The Balaban J connectivity index is 1.36. The highest BCUT2D eigenvalue weighted by Gasteiger charge is 2.22. The Labute approximate surface area is 225 Å². The fraction of sp³-hybridized carbons (Fsp3) is 0.0312. The summed E-state index contributed by atoms with van der Waals surface area (Å²) in [6.07, 6.45) is 0. The van der Waals surface area contributed by atoms with Gasteiger partial charge in [-0.1, -0.05) is 97.1 Å². The molecule has 192 valence electrons. The van der Waals surface area contributed by atoms with E-state index in [9.17, 15) is 18.3 Å². The van der Waals surface area contributed by atoms with E-state index >= 15 is 0 Å². The molecule has 0 aromatic heterocycles. The molecule has 0 atom stereocenters. The molecule has 39 heavy (non-hydrogen) atoms. The van der Waals surface area contributed by atoms with Crippen LogP contribution >= 0.6 is 0 Å². The van der Waals surface area contributed by atoms with E-state index in [1.807, 2.05) is 78.9 Å². The molecular weight excluding hydrogens is 510 g/mol. The van der Waals surface area contributed by atoms with Crippen molar-refractivity contribution < 1.29 is 23.1 Å². The standard InChI is InChI=1S/C32H23NO5S/c34-27-18-16-22-9-2-5-13-25(22)31(27)32-26-14-6-3-10-23(26)17-19-28(32)38-30(35)20-33-39(36,37)29-15-7-11-21-8-1-4-12-24(21)29/h1-19,33-34H,20H2. The van der Waals surface area contributed by atoms with Gasteiger partial charge in [-0.3, -0.25) is 4.79 Å². The number of sulfonamides is 1. The van der Waals surface area contributed by atoms with Crippen LogP contribution < -0.4 is 9.46 Å². The van der Waals surface area contributed by atoms with Crippen molar-refractivity contribution in [1.29, 1.82) is 0 Å².